The third-order valence-electron chi connectivity index (χ3n) is 3.31. The van der Waals surface area contributed by atoms with Crippen molar-refractivity contribution in [1.29, 1.82) is 0 Å². The van der Waals surface area contributed by atoms with Crippen LogP contribution < -0.4 is 10.2 Å². The van der Waals surface area contributed by atoms with Crippen LogP contribution in [0, 0.1) is 13.8 Å². The predicted octanol–water partition coefficient (Wildman–Crippen LogP) is 3.26. The van der Waals surface area contributed by atoms with E-state index in [0.29, 0.717) is 0 Å². The van der Waals surface area contributed by atoms with Gasteiger partial charge in [0.2, 0.25) is 0 Å². The number of aromatic nitrogens is 2. The van der Waals surface area contributed by atoms with E-state index in [0.717, 1.165) is 35.0 Å². The second-order valence-electron chi connectivity index (χ2n) is 5.06. The fourth-order valence-corrected chi connectivity index (χ4v) is 2.01. The van der Waals surface area contributed by atoms with E-state index in [9.17, 15) is 0 Å². The first-order valence-corrected chi connectivity index (χ1v) is 6.89. The average Bonchev–Trinajstić information content (AvgIpc) is 2.43. The summed E-state index contributed by atoms with van der Waals surface area (Å²) in [6, 6.07) is 8.38. The van der Waals surface area contributed by atoms with Crippen LogP contribution in [0.15, 0.2) is 24.3 Å². The maximum Gasteiger partial charge on any atom is 0.152 e. The summed E-state index contributed by atoms with van der Waals surface area (Å²) in [6.45, 7) is 6.88. The highest BCUT2D eigenvalue weighted by molar-refractivity contribution is 5.73. The Labute approximate surface area is 120 Å². The quantitative estimate of drug-likeness (QED) is 0.926. The fourth-order valence-electron chi connectivity index (χ4n) is 2.01. The molecule has 20 heavy (non-hydrogen) atoms. The average molecular weight is 270 g/mol. The molecule has 1 heterocycles. The third-order valence-corrected chi connectivity index (χ3v) is 3.31. The van der Waals surface area contributed by atoms with Gasteiger partial charge in [0.15, 0.2) is 5.82 Å². The molecule has 0 atom stereocenters. The summed E-state index contributed by atoms with van der Waals surface area (Å²) in [7, 11) is 4.07. The molecule has 0 aliphatic rings. The molecule has 0 amide bonds. The number of hydrogen-bond donors (Lipinski definition) is 1. The summed E-state index contributed by atoms with van der Waals surface area (Å²) < 4.78 is 0. The van der Waals surface area contributed by atoms with Crippen molar-refractivity contribution in [1.82, 2.24) is 9.97 Å². The van der Waals surface area contributed by atoms with Crippen molar-refractivity contribution in [2.45, 2.75) is 20.8 Å². The topological polar surface area (TPSA) is 41.1 Å². The van der Waals surface area contributed by atoms with Gasteiger partial charge in [0.05, 0.1) is 11.4 Å². The molecule has 0 fully saturated rings. The van der Waals surface area contributed by atoms with Gasteiger partial charge in [-0.25, -0.2) is 9.97 Å². The van der Waals surface area contributed by atoms with Gasteiger partial charge in [-0.05, 0) is 32.9 Å². The van der Waals surface area contributed by atoms with Crippen LogP contribution in [0.5, 0.6) is 0 Å². The summed E-state index contributed by atoms with van der Waals surface area (Å²) in [4.78, 5) is 11.4. The minimum absolute atomic E-state index is 0.833. The Morgan fingerprint density at radius 1 is 1.00 bits per heavy atom. The molecular formula is C16H22N4. The van der Waals surface area contributed by atoms with Gasteiger partial charge in [0, 0.05) is 31.9 Å². The van der Waals surface area contributed by atoms with Gasteiger partial charge in [0.25, 0.3) is 0 Å². The third kappa shape index (κ3) is 2.90. The number of nitrogens with zero attached hydrogens (tertiary/aromatic N) is 3. The summed E-state index contributed by atoms with van der Waals surface area (Å²) in [5.74, 6) is 0.855. The molecule has 0 aliphatic carbocycles. The maximum absolute atomic E-state index is 4.70. The summed E-state index contributed by atoms with van der Waals surface area (Å²) in [5.41, 5.74) is 5.12. The lowest BCUT2D eigenvalue weighted by Gasteiger charge is -2.14. The van der Waals surface area contributed by atoms with Gasteiger partial charge in [-0.1, -0.05) is 12.1 Å². The molecule has 1 N–H and O–H groups in total. The molecule has 4 nitrogen and oxygen atoms in total. The predicted molar refractivity (Wildman–Crippen MR) is 85.4 cm³/mol. The highest BCUT2D eigenvalue weighted by atomic mass is 15.1. The van der Waals surface area contributed by atoms with Crippen molar-refractivity contribution in [2.75, 3.05) is 30.9 Å². The highest BCUT2D eigenvalue weighted by Gasteiger charge is 2.11. The second kappa shape index (κ2) is 5.90. The van der Waals surface area contributed by atoms with E-state index in [2.05, 4.69) is 46.4 Å². The van der Waals surface area contributed by atoms with E-state index in [1.54, 1.807) is 0 Å². The van der Waals surface area contributed by atoms with E-state index in [-0.39, 0.29) is 0 Å². The molecule has 0 saturated carbocycles. The van der Waals surface area contributed by atoms with E-state index < -0.39 is 0 Å². The van der Waals surface area contributed by atoms with Crippen molar-refractivity contribution in [3.05, 3.63) is 35.7 Å². The Hall–Kier alpha value is -2.10. The number of rotatable bonds is 4. The molecule has 0 spiro atoms. The first-order chi connectivity index (χ1) is 9.52. The van der Waals surface area contributed by atoms with Gasteiger partial charge in [0.1, 0.15) is 5.69 Å². The molecule has 4 heteroatoms. The summed E-state index contributed by atoms with van der Waals surface area (Å²) >= 11 is 0. The van der Waals surface area contributed by atoms with E-state index in [1.165, 1.54) is 5.69 Å². The SMILES string of the molecule is CCNc1nc(C)c(C)nc1-c1ccc(N(C)C)cc1. The van der Waals surface area contributed by atoms with Crippen LogP contribution in [0.4, 0.5) is 11.5 Å². The lowest BCUT2D eigenvalue weighted by molar-refractivity contribution is 1.03. The highest BCUT2D eigenvalue weighted by Crippen LogP contribution is 2.27. The Bertz CT molecular complexity index is 588. The van der Waals surface area contributed by atoms with Crippen molar-refractivity contribution < 1.29 is 0 Å². The maximum atomic E-state index is 4.70. The van der Waals surface area contributed by atoms with Crippen LogP contribution in [0.1, 0.15) is 18.3 Å². The molecule has 0 bridgehead atoms. The van der Waals surface area contributed by atoms with Crippen LogP contribution in [-0.2, 0) is 0 Å². The van der Waals surface area contributed by atoms with Crippen molar-refractivity contribution in [2.24, 2.45) is 0 Å². The van der Waals surface area contributed by atoms with E-state index in [1.807, 2.05) is 27.9 Å². The van der Waals surface area contributed by atoms with Gasteiger partial charge >= 0.3 is 0 Å². The molecule has 2 rings (SSSR count). The molecule has 106 valence electrons. The number of nitrogens with one attached hydrogen (secondary N) is 1. The molecule has 0 saturated heterocycles. The van der Waals surface area contributed by atoms with Gasteiger partial charge in [-0.15, -0.1) is 0 Å². The molecule has 0 unspecified atom stereocenters. The van der Waals surface area contributed by atoms with E-state index >= 15 is 0 Å². The van der Waals surface area contributed by atoms with E-state index in [4.69, 9.17) is 4.98 Å². The van der Waals surface area contributed by atoms with Crippen molar-refractivity contribution >= 4 is 11.5 Å². The first-order valence-electron chi connectivity index (χ1n) is 6.89. The monoisotopic (exact) mass is 270 g/mol. The number of anilines is 2. The molecule has 1 aromatic heterocycles. The first kappa shape index (κ1) is 14.3. The second-order valence-corrected chi connectivity index (χ2v) is 5.06. The molecule has 0 aliphatic heterocycles. The molecule has 2 aromatic rings. The van der Waals surface area contributed by atoms with Crippen molar-refractivity contribution in [3.8, 4) is 11.3 Å². The van der Waals surface area contributed by atoms with Gasteiger partial charge in [-0.3, -0.25) is 0 Å². The zero-order valence-electron chi connectivity index (χ0n) is 12.9. The van der Waals surface area contributed by atoms with Crippen LogP contribution in [0.25, 0.3) is 11.3 Å². The normalized spacial score (nSPS) is 10.4. The Morgan fingerprint density at radius 3 is 2.15 bits per heavy atom. The van der Waals surface area contributed by atoms with Crippen LogP contribution >= 0.6 is 0 Å². The minimum Gasteiger partial charge on any atom is -0.378 e. The minimum atomic E-state index is 0.833. The summed E-state index contributed by atoms with van der Waals surface area (Å²) in [6.07, 6.45) is 0. The number of benzene rings is 1. The van der Waals surface area contributed by atoms with Crippen LogP contribution in [0.2, 0.25) is 0 Å². The number of hydrogen-bond acceptors (Lipinski definition) is 4. The molecule has 0 radical (unpaired) electrons. The standard InChI is InChI=1S/C16H22N4/c1-6-17-16-15(18-11(2)12(3)19-16)13-7-9-14(10-8-13)20(4)5/h7-10H,6H2,1-5H3,(H,17,19). The fraction of sp³-hybridized carbons (Fsp3) is 0.375. The summed E-state index contributed by atoms with van der Waals surface area (Å²) in [5, 5.41) is 3.30. The van der Waals surface area contributed by atoms with Gasteiger partial charge < -0.3 is 10.2 Å². The molecule has 1 aromatic carbocycles. The number of aryl methyl sites for hydroxylation is 2. The van der Waals surface area contributed by atoms with Crippen LogP contribution in [-0.4, -0.2) is 30.6 Å². The largest absolute Gasteiger partial charge is 0.378 e. The Morgan fingerprint density at radius 2 is 1.60 bits per heavy atom. The lowest BCUT2D eigenvalue weighted by Crippen LogP contribution is -2.08. The zero-order valence-corrected chi connectivity index (χ0v) is 12.9. The zero-order chi connectivity index (χ0) is 14.7. The smallest absolute Gasteiger partial charge is 0.152 e. The van der Waals surface area contributed by atoms with Gasteiger partial charge in [-0.2, -0.15) is 0 Å². The Kier molecular flexibility index (Phi) is 4.23. The molecular weight excluding hydrogens is 248 g/mol. The lowest BCUT2D eigenvalue weighted by atomic mass is 10.1. The van der Waals surface area contributed by atoms with Crippen LogP contribution in [0.3, 0.4) is 0 Å². The Balaban J connectivity index is 2.47. The van der Waals surface area contributed by atoms with Crippen molar-refractivity contribution in [3.63, 3.8) is 0 Å².